The molecular weight excluding hydrogens is 234 g/mol. The average molecular weight is 251 g/mol. The summed E-state index contributed by atoms with van der Waals surface area (Å²) in [5, 5.41) is 11.3. The van der Waals surface area contributed by atoms with Crippen LogP contribution in [0.5, 0.6) is 0 Å². The summed E-state index contributed by atoms with van der Waals surface area (Å²) in [6.07, 6.45) is 1.86. The average Bonchev–Trinajstić information content (AvgIpc) is 2.35. The van der Waals surface area contributed by atoms with E-state index in [1.54, 1.807) is 24.0 Å². The molecule has 98 valence electrons. The standard InChI is InChI=1S/C12H17N3O3/c1-4-9(12(17)18)14-11(16)8-5-6-13-10(7-8)15(2)3/h5-7,9H,4H2,1-3H3,(H,14,16)(H,17,18). The van der Waals surface area contributed by atoms with Gasteiger partial charge in [-0.25, -0.2) is 9.78 Å². The van der Waals surface area contributed by atoms with E-state index < -0.39 is 17.9 Å². The van der Waals surface area contributed by atoms with Gasteiger partial charge in [-0.15, -0.1) is 0 Å². The number of rotatable bonds is 5. The van der Waals surface area contributed by atoms with Crippen LogP contribution >= 0.6 is 0 Å². The monoisotopic (exact) mass is 251 g/mol. The SMILES string of the molecule is CCC(NC(=O)c1ccnc(N(C)C)c1)C(=O)O. The molecule has 1 unspecified atom stereocenters. The number of anilines is 1. The van der Waals surface area contributed by atoms with Crippen LogP contribution in [-0.4, -0.2) is 42.1 Å². The number of carbonyl (C=O) groups excluding carboxylic acids is 1. The third-order valence-electron chi connectivity index (χ3n) is 2.48. The molecule has 0 fully saturated rings. The summed E-state index contributed by atoms with van der Waals surface area (Å²) in [4.78, 5) is 28.6. The van der Waals surface area contributed by atoms with E-state index in [1.807, 2.05) is 14.1 Å². The quantitative estimate of drug-likeness (QED) is 0.806. The molecule has 0 aromatic carbocycles. The molecule has 0 saturated heterocycles. The van der Waals surface area contributed by atoms with Gasteiger partial charge in [0.15, 0.2) is 0 Å². The van der Waals surface area contributed by atoms with Gasteiger partial charge in [0, 0.05) is 25.9 Å². The number of nitrogens with one attached hydrogen (secondary N) is 1. The normalized spacial score (nSPS) is 11.7. The van der Waals surface area contributed by atoms with Crippen molar-refractivity contribution < 1.29 is 14.7 Å². The zero-order chi connectivity index (χ0) is 13.7. The zero-order valence-corrected chi connectivity index (χ0v) is 10.7. The van der Waals surface area contributed by atoms with Gasteiger partial charge in [-0.3, -0.25) is 4.79 Å². The summed E-state index contributed by atoms with van der Waals surface area (Å²) < 4.78 is 0. The van der Waals surface area contributed by atoms with E-state index in [2.05, 4.69) is 10.3 Å². The van der Waals surface area contributed by atoms with E-state index in [9.17, 15) is 9.59 Å². The summed E-state index contributed by atoms with van der Waals surface area (Å²) >= 11 is 0. The fraction of sp³-hybridized carbons (Fsp3) is 0.417. The molecule has 0 bridgehead atoms. The number of carbonyl (C=O) groups is 2. The maximum atomic E-state index is 11.9. The van der Waals surface area contributed by atoms with Gasteiger partial charge in [-0.2, -0.15) is 0 Å². The van der Waals surface area contributed by atoms with Crippen molar-refractivity contribution in [2.45, 2.75) is 19.4 Å². The Kier molecular flexibility index (Phi) is 4.65. The highest BCUT2D eigenvalue weighted by atomic mass is 16.4. The van der Waals surface area contributed by atoms with Crippen molar-refractivity contribution in [1.29, 1.82) is 0 Å². The van der Waals surface area contributed by atoms with Gasteiger partial charge >= 0.3 is 5.97 Å². The number of carboxylic acid groups (broad SMARTS) is 1. The number of hydrogen-bond donors (Lipinski definition) is 2. The Balaban J connectivity index is 2.84. The van der Waals surface area contributed by atoms with Crippen molar-refractivity contribution in [3.8, 4) is 0 Å². The lowest BCUT2D eigenvalue weighted by molar-refractivity contribution is -0.139. The third-order valence-corrected chi connectivity index (χ3v) is 2.48. The van der Waals surface area contributed by atoms with Gasteiger partial charge < -0.3 is 15.3 Å². The number of hydrogen-bond acceptors (Lipinski definition) is 4. The molecule has 1 aromatic rings. The third kappa shape index (κ3) is 3.44. The molecule has 0 aliphatic carbocycles. The number of pyridine rings is 1. The molecule has 0 aliphatic rings. The second-order valence-corrected chi connectivity index (χ2v) is 4.07. The summed E-state index contributed by atoms with van der Waals surface area (Å²) in [5.41, 5.74) is 0.397. The van der Waals surface area contributed by atoms with Crippen LogP contribution in [0.15, 0.2) is 18.3 Å². The van der Waals surface area contributed by atoms with Crippen LogP contribution in [0.1, 0.15) is 23.7 Å². The first kappa shape index (κ1) is 14.0. The van der Waals surface area contributed by atoms with E-state index in [0.717, 1.165) is 0 Å². The minimum atomic E-state index is -1.03. The summed E-state index contributed by atoms with van der Waals surface area (Å²) in [6, 6.07) is 2.30. The van der Waals surface area contributed by atoms with Crippen LogP contribution in [0.25, 0.3) is 0 Å². The van der Waals surface area contributed by atoms with E-state index >= 15 is 0 Å². The Morgan fingerprint density at radius 3 is 2.67 bits per heavy atom. The van der Waals surface area contributed by atoms with E-state index in [4.69, 9.17) is 5.11 Å². The van der Waals surface area contributed by atoms with Crippen molar-refractivity contribution in [2.75, 3.05) is 19.0 Å². The Hall–Kier alpha value is -2.11. The maximum Gasteiger partial charge on any atom is 0.326 e. The van der Waals surface area contributed by atoms with Crippen LogP contribution in [0, 0.1) is 0 Å². The Bertz CT molecular complexity index is 446. The second-order valence-electron chi connectivity index (χ2n) is 4.07. The van der Waals surface area contributed by atoms with Crippen LogP contribution in [0.2, 0.25) is 0 Å². The molecule has 0 spiro atoms. The van der Waals surface area contributed by atoms with Crippen molar-refractivity contribution >= 4 is 17.7 Å². The van der Waals surface area contributed by atoms with Crippen molar-refractivity contribution in [1.82, 2.24) is 10.3 Å². The molecule has 1 atom stereocenters. The van der Waals surface area contributed by atoms with Crippen LogP contribution in [-0.2, 0) is 4.79 Å². The van der Waals surface area contributed by atoms with Gasteiger partial charge in [0.25, 0.3) is 5.91 Å². The molecule has 0 radical (unpaired) electrons. The zero-order valence-electron chi connectivity index (χ0n) is 10.7. The van der Waals surface area contributed by atoms with Crippen LogP contribution < -0.4 is 10.2 Å². The highest BCUT2D eigenvalue weighted by Gasteiger charge is 2.18. The van der Waals surface area contributed by atoms with Gasteiger partial charge in [0.1, 0.15) is 11.9 Å². The Labute approximate surface area is 106 Å². The molecule has 1 amide bonds. The second kappa shape index (κ2) is 6.00. The first-order chi connectivity index (χ1) is 8.45. The molecule has 18 heavy (non-hydrogen) atoms. The molecule has 2 N–H and O–H groups in total. The largest absolute Gasteiger partial charge is 0.480 e. The minimum Gasteiger partial charge on any atom is -0.480 e. The minimum absolute atomic E-state index is 0.340. The van der Waals surface area contributed by atoms with Crippen molar-refractivity contribution in [3.05, 3.63) is 23.9 Å². The molecule has 1 rings (SSSR count). The van der Waals surface area contributed by atoms with Gasteiger partial charge in [-0.1, -0.05) is 6.92 Å². The molecule has 1 heterocycles. The first-order valence-corrected chi connectivity index (χ1v) is 5.62. The highest BCUT2D eigenvalue weighted by Crippen LogP contribution is 2.09. The van der Waals surface area contributed by atoms with Gasteiger partial charge in [0.05, 0.1) is 0 Å². The van der Waals surface area contributed by atoms with Gasteiger partial charge in [-0.05, 0) is 18.6 Å². The Morgan fingerprint density at radius 2 is 2.17 bits per heavy atom. The molecule has 0 aliphatic heterocycles. The smallest absolute Gasteiger partial charge is 0.326 e. The maximum absolute atomic E-state index is 11.9. The number of aromatic nitrogens is 1. The number of nitrogens with zero attached hydrogens (tertiary/aromatic N) is 2. The number of aliphatic carboxylic acids is 1. The number of amides is 1. The van der Waals surface area contributed by atoms with E-state index in [0.29, 0.717) is 17.8 Å². The molecule has 6 nitrogen and oxygen atoms in total. The topological polar surface area (TPSA) is 82.5 Å². The lowest BCUT2D eigenvalue weighted by Gasteiger charge is -2.14. The Morgan fingerprint density at radius 1 is 1.50 bits per heavy atom. The summed E-state index contributed by atoms with van der Waals surface area (Å²) in [5.74, 6) is -0.798. The predicted molar refractivity (Wildman–Crippen MR) is 67.7 cm³/mol. The summed E-state index contributed by atoms with van der Waals surface area (Å²) in [7, 11) is 3.63. The van der Waals surface area contributed by atoms with E-state index in [1.165, 1.54) is 6.20 Å². The van der Waals surface area contributed by atoms with Crippen LogP contribution in [0.4, 0.5) is 5.82 Å². The fourth-order valence-corrected chi connectivity index (χ4v) is 1.38. The molecule has 6 heteroatoms. The number of carboxylic acids is 1. The molecular formula is C12H17N3O3. The first-order valence-electron chi connectivity index (χ1n) is 5.62. The molecule has 1 aromatic heterocycles. The highest BCUT2D eigenvalue weighted by molar-refractivity contribution is 5.97. The fourth-order valence-electron chi connectivity index (χ4n) is 1.38. The van der Waals surface area contributed by atoms with Crippen LogP contribution in [0.3, 0.4) is 0 Å². The molecule has 0 saturated carbocycles. The predicted octanol–water partition coefficient (Wildman–Crippen LogP) is 0.741. The van der Waals surface area contributed by atoms with Crippen molar-refractivity contribution in [2.24, 2.45) is 0 Å². The van der Waals surface area contributed by atoms with Crippen molar-refractivity contribution in [3.63, 3.8) is 0 Å². The summed E-state index contributed by atoms with van der Waals surface area (Å²) in [6.45, 7) is 1.71. The lowest BCUT2D eigenvalue weighted by atomic mass is 10.2. The van der Waals surface area contributed by atoms with E-state index in [-0.39, 0.29) is 0 Å². The van der Waals surface area contributed by atoms with Gasteiger partial charge in [0.2, 0.25) is 0 Å². The lowest BCUT2D eigenvalue weighted by Crippen LogP contribution is -2.40.